The highest BCUT2D eigenvalue weighted by Crippen LogP contribution is 2.18. The summed E-state index contributed by atoms with van der Waals surface area (Å²) in [5.74, 6) is 0. The topological polar surface area (TPSA) is 68.3 Å². The second kappa shape index (κ2) is 5.91. The Bertz CT molecular complexity index is 662. The normalized spacial score (nSPS) is 12.7. The van der Waals surface area contributed by atoms with Gasteiger partial charge in [0, 0.05) is 17.1 Å². The number of aromatic nitrogens is 1. The predicted molar refractivity (Wildman–Crippen MR) is 79.9 cm³/mol. The van der Waals surface area contributed by atoms with E-state index in [-0.39, 0.29) is 0 Å². The van der Waals surface area contributed by atoms with Crippen molar-refractivity contribution in [3.63, 3.8) is 0 Å². The summed E-state index contributed by atoms with van der Waals surface area (Å²) in [7, 11) is 0. The Morgan fingerprint density at radius 2 is 2.05 bits per heavy atom. The summed E-state index contributed by atoms with van der Waals surface area (Å²) >= 11 is 0. The number of fused-ring (bicyclic) bond motifs is 1. The fraction of sp³-hybridized carbons (Fsp3) is 0.312. The third kappa shape index (κ3) is 4.02. The van der Waals surface area contributed by atoms with E-state index in [0.717, 1.165) is 10.9 Å². The first-order valence-electron chi connectivity index (χ1n) is 6.68. The highest BCUT2D eigenvalue weighted by molar-refractivity contribution is 5.81. The monoisotopic (exact) mass is 286 g/mol. The number of nitrogens with zero attached hydrogens (tertiary/aromatic N) is 1. The van der Waals surface area contributed by atoms with Crippen LogP contribution in [0.4, 0.5) is 4.79 Å². The lowest BCUT2D eigenvalue weighted by molar-refractivity contribution is -0.109. The molecule has 0 fully saturated rings. The predicted octanol–water partition coefficient (Wildman–Crippen LogP) is 3.00. The van der Waals surface area contributed by atoms with Crippen molar-refractivity contribution in [1.82, 2.24) is 10.3 Å². The SMILES string of the molecule is CC(C)(C)OC(=O)NC(C=O)c1cnc2ccccc2c1. The molecule has 21 heavy (non-hydrogen) atoms. The summed E-state index contributed by atoms with van der Waals surface area (Å²) in [4.78, 5) is 27.3. The van der Waals surface area contributed by atoms with Crippen LogP contribution in [0.5, 0.6) is 0 Å². The molecule has 0 radical (unpaired) electrons. The zero-order valence-electron chi connectivity index (χ0n) is 12.3. The second-order valence-corrected chi connectivity index (χ2v) is 5.72. The summed E-state index contributed by atoms with van der Waals surface area (Å²) in [5, 5.41) is 3.45. The van der Waals surface area contributed by atoms with Crippen LogP contribution in [0.3, 0.4) is 0 Å². The maximum absolute atomic E-state index is 11.8. The number of benzene rings is 1. The quantitative estimate of drug-likeness (QED) is 0.881. The van der Waals surface area contributed by atoms with Crippen molar-refractivity contribution in [2.75, 3.05) is 0 Å². The number of aldehydes is 1. The van der Waals surface area contributed by atoms with Gasteiger partial charge in [-0.25, -0.2) is 4.79 Å². The van der Waals surface area contributed by atoms with E-state index in [1.807, 2.05) is 30.3 Å². The van der Waals surface area contributed by atoms with E-state index in [9.17, 15) is 9.59 Å². The van der Waals surface area contributed by atoms with E-state index in [1.54, 1.807) is 27.0 Å². The average molecular weight is 286 g/mol. The van der Waals surface area contributed by atoms with Crippen LogP contribution in [-0.2, 0) is 9.53 Å². The Morgan fingerprint density at radius 1 is 1.33 bits per heavy atom. The molecule has 5 nitrogen and oxygen atoms in total. The van der Waals surface area contributed by atoms with Crippen LogP contribution < -0.4 is 5.32 Å². The Balaban J connectivity index is 2.19. The molecule has 0 saturated carbocycles. The number of nitrogens with one attached hydrogen (secondary N) is 1. The largest absolute Gasteiger partial charge is 0.444 e. The maximum Gasteiger partial charge on any atom is 0.408 e. The number of pyridine rings is 1. The van der Waals surface area contributed by atoms with Gasteiger partial charge in [-0.2, -0.15) is 0 Å². The third-order valence-electron chi connectivity index (χ3n) is 2.78. The zero-order chi connectivity index (χ0) is 15.5. The summed E-state index contributed by atoms with van der Waals surface area (Å²) in [5.41, 5.74) is 0.844. The van der Waals surface area contributed by atoms with Crippen molar-refractivity contribution >= 4 is 23.3 Å². The number of hydrogen-bond acceptors (Lipinski definition) is 4. The van der Waals surface area contributed by atoms with E-state index in [1.165, 1.54) is 0 Å². The first-order valence-corrected chi connectivity index (χ1v) is 6.68. The van der Waals surface area contributed by atoms with Crippen LogP contribution in [0.2, 0.25) is 0 Å². The van der Waals surface area contributed by atoms with Crippen LogP contribution in [0, 0.1) is 0 Å². The molecule has 1 aromatic carbocycles. The van der Waals surface area contributed by atoms with E-state index in [2.05, 4.69) is 10.3 Å². The highest BCUT2D eigenvalue weighted by atomic mass is 16.6. The first-order chi connectivity index (χ1) is 9.89. The van der Waals surface area contributed by atoms with E-state index in [0.29, 0.717) is 11.8 Å². The minimum atomic E-state index is -0.781. The third-order valence-corrected chi connectivity index (χ3v) is 2.78. The van der Waals surface area contributed by atoms with Gasteiger partial charge in [0.1, 0.15) is 17.9 Å². The van der Waals surface area contributed by atoms with E-state index >= 15 is 0 Å². The number of hydrogen-bond donors (Lipinski definition) is 1. The molecule has 1 aromatic heterocycles. The fourth-order valence-corrected chi connectivity index (χ4v) is 1.89. The lowest BCUT2D eigenvalue weighted by atomic mass is 10.1. The van der Waals surface area contributed by atoms with Gasteiger partial charge in [-0.15, -0.1) is 0 Å². The lowest BCUT2D eigenvalue weighted by Gasteiger charge is -2.21. The first kappa shape index (κ1) is 15.0. The molecule has 0 spiro atoms. The Labute approximate surface area is 123 Å². The molecule has 2 rings (SSSR count). The molecule has 2 aromatic rings. The molecule has 0 aliphatic carbocycles. The minimum Gasteiger partial charge on any atom is -0.444 e. The van der Waals surface area contributed by atoms with Crippen molar-refractivity contribution < 1.29 is 14.3 Å². The average Bonchev–Trinajstić information content (AvgIpc) is 2.42. The van der Waals surface area contributed by atoms with Gasteiger partial charge < -0.3 is 14.8 Å². The summed E-state index contributed by atoms with van der Waals surface area (Å²) < 4.78 is 5.15. The fourth-order valence-electron chi connectivity index (χ4n) is 1.89. The molecule has 0 aliphatic heterocycles. The van der Waals surface area contributed by atoms with Crippen LogP contribution in [-0.4, -0.2) is 23.0 Å². The lowest BCUT2D eigenvalue weighted by Crippen LogP contribution is -2.35. The number of alkyl carbamates (subject to hydrolysis) is 1. The van der Waals surface area contributed by atoms with Gasteiger partial charge >= 0.3 is 6.09 Å². The number of carbonyl (C=O) groups is 2. The Kier molecular flexibility index (Phi) is 4.21. The molecule has 0 bridgehead atoms. The van der Waals surface area contributed by atoms with Gasteiger partial charge in [0.15, 0.2) is 0 Å². The molecule has 5 heteroatoms. The number of rotatable bonds is 3. The number of amides is 1. The van der Waals surface area contributed by atoms with Crippen LogP contribution >= 0.6 is 0 Å². The molecule has 0 saturated heterocycles. The molecule has 1 N–H and O–H groups in total. The smallest absolute Gasteiger partial charge is 0.408 e. The van der Waals surface area contributed by atoms with Crippen LogP contribution in [0.1, 0.15) is 32.4 Å². The molecular formula is C16H18N2O3. The van der Waals surface area contributed by atoms with Crippen molar-refractivity contribution in [3.05, 3.63) is 42.1 Å². The molecule has 1 amide bonds. The number of ether oxygens (including phenoxy) is 1. The van der Waals surface area contributed by atoms with Crippen molar-refractivity contribution in [2.45, 2.75) is 32.4 Å². The molecule has 1 atom stereocenters. The van der Waals surface area contributed by atoms with Crippen molar-refractivity contribution in [2.24, 2.45) is 0 Å². The van der Waals surface area contributed by atoms with Crippen molar-refractivity contribution in [3.8, 4) is 0 Å². The van der Waals surface area contributed by atoms with Gasteiger partial charge in [0.25, 0.3) is 0 Å². The van der Waals surface area contributed by atoms with E-state index < -0.39 is 17.7 Å². The number of para-hydroxylation sites is 1. The summed E-state index contributed by atoms with van der Waals surface area (Å²) in [6, 6.07) is 8.63. The van der Waals surface area contributed by atoms with Crippen molar-refractivity contribution in [1.29, 1.82) is 0 Å². The zero-order valence-corrected chi connectivity index (χ0v) is 12.3. The Hall–Kier alpha value is -2.43. The van der Waals surface area contributed by atoms with Gasteiger partial charge in [-0.1, -0.05) is 18.2 Å². The minimum absolute atomic E-state index is 0.612. The molecule has 1 heterocycles. The van der Waals surface area contributed by atoms with Gasteiger partial charge in [0.05, 0.1) is 5.52 Å². The van der Waals surface area contributed by atoms with Gasteiger partial charge in [0.2, 0.25) is 0 Å². The van der Waals surface area contributed by atoms with Gasteiger partial charge in [-0.05, 0) is 32.9 Å². The molecular weight excluding hydrogens is 268 g/mol. The van der Waals surface area contributed by atoms with Crippen LogP contribution in [0.25, 0.3) is 10.9 Å². The van der Waals surface area contributed by atoms with E-state index in [4.69, 9.17) is 4.74 Å². The molecule has 0 aliphatic rings. The summed E-state index contributed by atoms with van der Waals surface area (Å²) in [6.07, 6.45) is 1.61. The molecule has 110 valence electrons. The summed E-state index contributed by atoms with van der Waals surface area (Å²) in [6.45, 7) is 5.29. The highest BCUT2D eigenvalue weighted by Gasteiger charge is 2.20. The standard InChI is InChI=1S/C16H18N2O3/c1-16(2,3)21-15(20)18-14(10-19)12-8-11-6-4-5-7-13(11)17-9-12/h4-10,14H,1-3H3,(H,18,20). The number of carbonyl (C=O) groups excluding carboxylic acids is 2. The second-order valence-electron chi connectivity index (χ2n) is 5.72. The molecule has 1 unspecified atom stereocenters. The van der Waals surface area contributed by atoms with Gasteiger partial charge in [-0.3, -0.25) is 4.98 Å². The Morgan fingerprint density at radius 3 is 2.71 bits per heavy atom. The van der Waals surface area contributed by atoms with Crippen LogP contribution in [0.15, 0.2) is 36.5 Å². The maximum atomic E-state index is 11.8.